The van der Waals surface area contributed by atoms with Gasteiger partial charge in [0.25, 0.3) is 0 Å². The van der Waals surface area contributed by atoms with Gasteiger partial charge in [-0.25, -0.2) is 4.39 Å². The van der Waals surface area contributed by atoms with E-state index in [4.69, 9.17) is 4.42 Å². The topological polar surface area (TPSA) is 67.5 Å². The van der Waals surface area contributed by atoms with Crippen molar-refractivity contribution >= 4 is 28.4 Å². The molecule has 1 saturated heterocycles. The number of aromatic nitrogens is 1. The van der Waals surface area contributed by atoms with Crippen molar-refractivity contribution in [2.75, 3.05) is 31.1 Å². The molecule has 1 saturated carbocycles. The van der Waals surface area contributed by atoms with Crippen LogP contribution in [0.15, 0.2) is 52.0 Å². The molecule has 0 atom stereocenters. The fourth-order valence-electron chi connectivity index (χ4n) is 3.97. The van der Waals surface area contributed by atoms with Crippen molar-refractivity contribution in [3.63, 3.8) is 0 Å². The van der Waals surface area contributed by atoms with E-state index in [-0.39, 0.29) is 17.0 Å². The van der Waals surface area contributed by atoms with Crippen LogP contribution in [0.2, 0.25) is 0 Å². The van der Waals surface area contributed by atoms with Gasteiger partial charge in [0.05, 0.1) is 23.0 Å². The molecular formula is C23H22FN3O3. The summed E-state index contributed by atoms with van der Waals surface area (Å²) in [6.07, 6.45) is 7.96. The van der Waals surface area contributed by atoms with E-state index >= 15 is 0 Å². The first-order chi connectivity index (χ1) is 14.6. The van der Waals surface area contributed by atoms with Crippen LogP contribution in [0.3, 0.4) is 0 Å². The number of nitrogens with zero attached hydrogens (tertiary/aromatic N) is 2. The molecule has 6 nitrogen and oxygen atoms in total. The summed E-state index contributed by atoms with van der Waals surface area (Å²) in [6, 6.07) is 6.73. The molecule has 0 unspecified atom stereocenters. The Morgan fingerprint density at radius 1 is 1.23 bits per heavy atom. The first-order valence-electron chi connectivity index (χ1n) is 10.2. The van der Waals surface area contributed by atoms with E-state index in [9.17, 15) is 14.0 Å². The molecule has 0 radical (unpaired) electrons. The van der Waals surface area contributed by atoms with Gasteiger partial charge in [-0.05, 0) is 49.3 Å². The minimum Gasteiger partial charge on any atom is -0.465 e. The standard InChI is InChI=1S/C23H22FN3O3/c24-19-12-17-20(13-21(19)26-9-7-25-8-10-26)27(15-3-4-15)14-18(23(17)29)22(28)6-5-16-2-1-11-30-16/h1-2,5-6,11-15,25H,3-4,7-10H2. The molecule has 7 heteroatoms. The second-order valence-electron chi connectivity index (χ2n) is 7.78. The average molecular weight is 407 g/mol. The first kappa shape index (κ1) is 18.8. The highest BCUT2D eigenvalue weighted by atomic mass is 19.1. The second-order valence-corrected chi connectivity index (χ2v) is 7.78. The zero-order chi connectivity index (χ0) is 20.7. The maximum Gasteiger partial charge on any atom is 0.200 e. The van der Waals surface area contributed by atoms with Gasteiger partial charge in [0.1, 0.15) is 11.6 Å². The molecule has 2 fully saturated rings. The van der Waals surface area contributed by atoms with E-state index < -0.39 is 17.0 Å². The molecule has 1 aliphatic heterocycles. The average Bonchev–Trinajstić information content (AvgIpc) is 3.47. The molecule has 1 aliphatic carbocycles. The lowest BCUT2D eigenvalue weighted by Gasteiger charge is -2.30. The molecule has 2 aromatic heterocycles. The Kier molecular flexibility index (Phi) is 4.75. The summed E-state index contributed by atoms with van der Waals surface area (Å²) in [4.78, 5) is 27.8. The van der Waals surface area contributed by atoms with Gasteiger partial charge in [0.2, 0.25) is 5.43 Å². The third kappa shape index (κ3) is 3.45. The number of nitrogens with one attached hydrogen (secondary N) is 1. The molecular weight excluding hydrogens is 385 g/mol. The van der Waals surface area contributed by atoms with Gasteiger partial charge in [0.15, 0.2) is 5.78 Å². The molecule has 3 heterocycles. The van der Waals surface area contributed by atoms with Crippen LogP contribution in [0.4, 0.5) is 10.1 Å². The van der Waals surface area contributed by atoms with Crippen molar-refractivity contribution in [1.29, 1.82) is 0 Å². The number of fused-ring (bicyclic) bond motifs is 1. The van der Waals surface area contributed by atoms with Crippen LogP contribution in [0.5, 0.6) is 0 Å². The number of carbonyl (C=O) groups excluding carboxylic acids is 1. The SMILES string of the molecule is O=C(C=Cc1ccco1)c1cn(C2CC2)c2cc(N3CCNCC3)c(F)cc2c1=O. The van der Waals surface area contributed by atoms with Crippen LogP contribution in [-0.2, 0) is 0 Å². The number of allylic oxidation sites excluding steroid dienone is 1. The number of hydrogen-bond donors (Lipinski definition) is 1. The summed E-state index contributed by atoms with van der Waals surface area (Å²) in [7, 11) is 0. The van der Waals surface area contributed by atoms with Crippen LogP contribution in [0.25, 0.3) is 17.0 Å². The minimum atomic E-state index is -0.443. The first-order valence-corrected chi connectivity index (χ1v) is 10.2. The van der Waals surface area contributed by atoms with E-state index in [2.05, 4.69) is 5.32 Å². The second kappa shape index (κ2) is 7.57. The highest BCUT2D eigenvalue weighted by Crippen LogP contribution is 2.38. The van der Waals surface area contributed by atoms with Crippen molar-refractivity contribution in [2.24, 2.45) is 0 Å². The van der Waals surface area contributed by atoms with Crippen molar-refractivity contribution in [3.8, 4) is 0 Å². The number of piperazine rings is 1. The normalized spacial score (nSPS) is 17.2. The lowest BCUT2D eigenvalue weighted by atomic mass is 10.1. The Bertz CT molecular complexity index is 1190. The number of rotatable bonds is 5. The number of hydrogen-bond acceptors (Lipinski definition) is 5. The van der Waals surface area contributed by atoms with Gasteiger partial charge >= 0.3 is 0 Å². The number of halogens is 1. The molecule has 1 N–H and O–H groups in total. The number of pyridine rings is 1. The molecule has 0 amide bonds. The van der Waals surface area contributed by atoms with Crippen molar-refractivity contribution in [3.05, 3.63) is 70.2 Å². The predicted molar refractivity (Wildman–Crippen MR) is 114 cm³/mol. The van der Waals surface area contributed by atoms with E-state index in [1.54, 1.807) is 24.4 Å². The maximum absolute atomic E-state index is 15.0. The summed E-state index contributed by atoms with van der Waals surface area (Å²) >= 11 is 0. The number of anilines is 1. The number of furan rings is 1. The van der Waals surface area contributed by atoms with Crippen molar-refractivity contribution < 1.29 is 13.6 Å². The van der Waals surface area contributed by atoms with Gasteiger partial charge in [-0.3, -0.25) is 9.59 Å². The Labute approximate surface area is 172 Å². The zero-order valence-electron chi connectivity index (χ0n) is 16.4. The van der Waals surface area contributed by atoms with Gasteiger partial charge < -0.3 is 19.2 Å². The number of carbonyl (C=O) groups is 1. The Balaban J connectivity index is 1.61. The van der Waals surface area contributed by atoms with Gasteiger partial charge in [-0.15, -0.1) is 0 Å². The van der Waals surface area contributed by atoms with Crippen LogP contribution in [-0.4, -0.2) is 36.5 Å². The quantitative estimate of drug-likeness (QED) is 0.519. The van der Waals surface area contributed by atoms with Crippen molar-refractivity contribution in [2.45, 2.75) is 18.9 Å². The predicted octanol–water partition coefficient (Wildman–Crippen LogP) is 3.37. The number of benzene rings is 1. The summed E-state index contributed by atoms with van der Waals surface area (Å²) in [5.41, 5.74) is 0.798. The molecule has 3 aromatic rings. The Morgan fingerprint density at radius 3 is 2.73 bits per heavy atom. The highest BCUT2D eigenvalue weighted by molar-refractivity contribution is 6.08. The van der Waals surface area contributed by atoms with Crippen LogP contribution < -0.4 is 15.6 Å². The fraction of sp³-hybridized carbons (Fsp3) is 0.304. The molecule has 30 heavy (non-hydrogen) atoms. The Hall–Kier alpha value is -3.19. The lowest BCUT2D eigenvalue weighted by Crippen LogP contribution is -2.43. The molecule has 0 bridgehead atoms. The maximum atomic E-state index is 15.0. The van der Waals surface area contributed by atoms with Crippen LogP contribution >= 0.6 is 0 Å². The van der Waals surface area contributed by atoms with Crippen molar-refractivity contribution in [1.82, 2.24) is 9.88 Å². The molecule has 154 valence electrons. The summed E-state index contributed by atoms with van der Waals surface area (Å²) < 4.78 is 22.1. The number of ketones is 1. The third-order valence-corrected chi connectivity index (χ3v) is 5.71. The largest absolute Gasteiger partial charge is 0.465 e. The molecule has 5 rings (SSSR count). The van der Waals surface area contributed by atoms with E-state index in [1.165, 1.54) is 24.5 Å². The Morgan fingerprint density at radius 2 is 2.03 bits per heavy atom. The zero-order valence-corrected chi connectivity index (χ0v) is 16.4. The fourth-order valence-corrected chi connectivity index (χ4v) is 3.97. The monoisotopic (exact) mass is 407 g/mol. The summed E-state index contributed by atoms with van der Waals surface area (Å²) in [6.45, 7) is 3.01. The van der Waals surface area contributed by atoms with E-state index in [1.807, 2.05) is 9.47 Å². The smallest absolute Gasteiger partial charge is 0.200 e. The van der Waals surface area contributed by atoms with E-state index in [0.29, 0.717) is 30.1 Å². The lowest BCUT2D eigenvalue weighted by molar-refractivity contribution is 0.104. The summed E-state index contributed by atoms with van der Waals surface area (Å²) in [5.74, 6) is -0.322. The third-order valence-electron chi connectivity index (χ3n) is 5.71. The minimum absolute atomic E-state index is 0.0477. The van der Waals surface area contributed by atoms with Gasteiger partial charge in [-0.1, -0.05) is 0 Å². The van der Waals surface area contributed by atoms with Gasteiger partial charge in [-0.2, -0.15) is 0 Å². The molecule has 1 aromatic carbocycles. The van der Waals surface area contributed by atoms with E-state index in [0.717, 1.165) is 25.9 Å². The van der Waals surface area contributed by atoms with Crippen LogP contribution in [0.1, 0.15) is 35.0 Å². The molecule has 0 spiro atoms. The van der Waals surface area contributed by atoms with Gasteiger partial charge in [0, 0.05) is 43.8 Å². The molecule has 2 aliphatic rings. The summed E-state index contributed by atoms with van der Waals surface area (Å²) in [5, 5.41) is 3.51. The highest BCUT2D eigenvalue weighted by Gasteiger charge is 2.27. The van der Waals surface area contributed by atoms with Crippen LogP contribution in [0, 0.1) is 5.82 Å².